The predicted octanol–water partition coefficient (Wildman–Crippen LogP) is 4.82. The van der Waals surface area contributed by atoms with Crippen LogP contribution in [0.25, 0.3) is 0 Å². The van der Waals surface area contributed by atoms with Crippen LogP contribution in [0, 0.1) is 0 Å². The summed E-state index contributed by atoms with van der Waals surface area (Å²) in [7, 11) is 1.86. The van der Waals surface area contributed by atoms with Gasteiger partial charge in [0.25, 0.3) is 0 Å². The Kier molecular flexibility index (Phi) is 6.01. The first-order valence-corrected chi connectivity index (χ1v) is 11.3. The zero-order chi connectivity index (χ0) is 18.6. The average Bonchev–Trinajstić information content (AvgIpc) is 2.78. The van der Waals surface area contributed by atoms with E-state index in [0.29, 0.717) is 0 Å². The Morgan fingerprint density at radius 1 is 0.429 bits per heavy atom. The molecule has 142 valence electrons. The first-order chi connectivity index (χ1) is 13.3. The second-order valence-corrected chi connectivity index (χ2v) is 11.1. The second kappa shape index (κ2) is 8.29. The van der Waals surface area contributed by atoms with Crippen LogP contribution in [0.4, 0.5) is 0 Å². The van der Waals surface area contributed by atoms with Crippen molar-refractivity contribution in [2.75, 3.05) is 7.11 Å². The van der Waals surface area contributed by atoms with Crippen molar-refractivity contribution in [3.8, 4) is 0 Å². The van der Waals surface area contributed by atoms with Gasteiger partial charge in [0.15, 0.2) is 0 Å². The van der Waals surface area contributed by atoms with E-state index in [-0.39, 0.29) is 12.4 Å². The van der Waals surface area contributed by atoms with E-state index in [0.717, 1.165) is 0 Å². The number of hydrogen-bond donors (Lipinski definition) is 0. The smallest absolute Gasteiger partial charge is 0.147 e. The predicted molar refractivity (Wildman–Crippen MR) is 125 cm³/mol. The second-order valence-electron chi connectivity index (χ2n) is 6.56. The van der Waals surface area contributed by atoms with Crippen molar-refractivity contribution in [2.45, 2.75) is 0 Å². The number of halogens is 1. The maximum atomic E-state index is 6.80. The van der Waals surface area contributed by atoms with Gasteiger partial charge in [-0.2, -0.15) is 0 Å². The van der Waals surface area contributed by atoms with E-state index in [9.17, 15) is 0 Å². The molecule has 4 rings (SSSR count). The van der Waals surface area contributed by atoms with Crippen molar-refractivity contribution in [3.05, 3.63) is 121 Å². The summed E-state index contributed by atoms with van der Waals surface area (Å²) in [5, 5.41) is 4.81. The quantitative estimate of drug-likeness (QED) is 0.431. The first-order valence-electron chi connectivity index (χ1n) is 9.13. The number of hydrogen-bond acceptors (Lipinski definition) is 1. The van der Waals surface area contributed by atoms with Gasteiger partial charge in [0.1, 0.15) is 0 Å². The molecule has 1 nitrogen and oxygen atoms in total. The third-order valence-electron chi connectivity index (χ3n) is 5.36. The fourth-order valence-electron chi connectivity index (χ4n) is 4.17. The average molecular weight is 407 g/mol. The molecule has 0 amide bonds. The summed E-state index contributed by atoms with van der Waals surface area (Å²) >= 11 is 0. The van der Waals surface area contributed by atoms with Gasteiger partial charge in [0, 0.05) is 0 Å². The molecule has 0 aliphatic heterocycles. The summed E-state index contributed by atoms with van der Waals surface area (Å²) in [5.74, 6) is 0. The number of benzene rings is 4. The topological polar surface area (TPSA) is 9.23 Å². The van der Waals surface area contributed by atoms with Crippen LogP contribution in [0.5, 0.6) is 0 Å². The van der Waals surface area contributed by atoms with E-state index in [2.05, 4.69) is 121 Å². The van der Waals surface area contributed by atoms with Crippen LogP contribution in [0.1, 0.15) is 0 Å². The van der Waals surface area contributed by atoms with E-state index in [1.807, 2.05) is 7.11 Å². The van der Waals surface area contributed by atoms with Crippen molar-refractivity contribution in [2.24, 2.45) is 0 Å². The molecule has 0 heterocycles. The van der Waals surface area contributed by atoms with Crippen molar-refractivity contribution in [3.63, 3.8) is 0 Å². The minimum absolute atomic E-state index is 0. The summed E-state index contributed by atoms with van der Waals surface area (Å²) in [6.45, 7) is -3.34. The normalized spacial score (nSPS) is 12.4. The van der Waals surface area contributed by atoms with Gasteiger partial charge in [-0.15, -0.1) is 12.4 Å². The van der Waals surface area contributed by atoms with Gasteiger partial charge in [-0.1, -0.05) is 0 Å². The van der Waals surface area contributed by atoms with E-state index in [4.69, 9.17) is 4.52 Å². The minimum atomic E-state index is -3.34. The van der Waals surface area contributed by atoms with E-state index in [1.54, 1.807) is 0 Å². The van der Waals surface area contributed by atoms with Crippen LogP contribution in [-0.4, -0.2) is 7.11 Å². The fourth-order valence-corrected chi connectivity index (χ4v) is 9.76. The Labute approximate surface area is 173 Å². The molecule has 28 heavy (non-hydrogen) atoms. The fraction of sp³-hybridized carbons (Fsp3) is 0.0400. The summed E-state index contributed by atoms with van der Waals surface area (Å²) in [6.07, 6.45) is 0. The molecular weight excluding hydrogens is 383 g/mol. The van der Waals surface area contributed by atoms with Gasteiger partial charge in [0.2, 0.25) is 0 Å². The van der Waals surface area contributed by atoms with E-state index < -0.39 is 6.83 Å². The van der Waals surface area contributed by atoms with Crippen molar-refractivity contribution < 1.29 is 4.52 Å². The maximum Gasteiger partial charge on any atom is -0.147 e. The van der Waals surface area contributed by atoms with Gasteiger partial charge in [-0.25, -0.2) is 0 Å². The van der Waals surface area contributed by atoms with Gasteiger partial charge in [-0.3, -0.25) is 0 Å². The van der Waals surface area contributed by atoms with Gasteiger partial charge in [0.05, 0.1) is 0 Å². The molecule has 3 heteroatoms. The molecule has 0 aliphatic carbocycles. The Hall–Kier alpha value is -2.44. The molecule has 4 aromatic carbocycles. The Morgan fingerprint density at radius 3 is 0.821 bits per heavy atom. The SMILES string of the molecule is COP(c1ccccc1)(c1ccccc1)(c1ccccc1)c1ccccc1.Cl. The Bertz CT molecular complexity index is 836. The standard InChI is InChI=1S/C25H23OP.ClH/c1-26-27(22-14-6-2-7-15-22,23-16-8-3-9-17-23,24-18-10-4-11-19-24)25-20-12-5-13-21-25;/h2-21H,1H3;1H. The molecule has 0 fully saturated rings. The van der Waals surface area contributed by atoms with Crippen LogP contribution in [-0.2, 0) is 4.52 Å². The van der Waals surface area contributed by atoms with Gasteiger partial charge >= 0.3 is 161 Å². The number of rotatable bonds is 5. The molecule has 0 bridgehead atoms. The molecule has 0 spiro atoms. The zero-order valence-corrected chi connectivity index (χ0v) is 17.5. The van der Waals surface area contributed by atoms with Gasteiger partial charge in [-0.05, 0) is 0 Å². The van der Waals surface area contributed by atoms with Crippen molar-refractivity contribution in [1.29, 1.82) is 0 Å². The van der Waals surface area contributed by atoms with Crippen LogP contribution >= 0.6 is 19.2 Å². The third kappa shape index (κ3) is 2.79. The molecule has 0 saturated carbocycles. The Morgan fingerprint density at radius 2 is 0.643 bits per heavy atom. The molecule has 0 radical (unpaired) electrons. The molecule has 0 aliphatic rings. The largest absolute Gasteiger partial charge is 0.147 e. The molecule has 0 unspecified atom stereocenters. The molecule has 0 saturated heterocycles. The summed E-state index contributed by atoms with van der Waals surface area (Å²) < 4.78 is 6.80. The van der Waals surface area contributed by atoms with E-state index in [1.165, 1.54) is 21.2 Å². The first kappa shape index (κ1) is 20.3. The zero-order valence-electron chi connectivity index (χ0n) is 15.8. The molecule has 0 atom stereocenters. The van der Waals surface area contributed by atoms with Crippen LogP contribution in [0.15, 0.2) is 121 Å². The Balaban J connectivity index is 0.00000225. The summed E-state index contributed by atoms with van der Waals surface area (Å²) in [4.78, 5) is 0. The van der Waals surface area contributed by atoms with Crippen LogP contribution in [0.2, 0.25) is 0 Å². The maximum absolute atomic E-state index is 6.80. The van der Waals surface area contributed by atoms with Crippen molar-refractivity contribution >= 4 is 40.5 Å². The molecule has 4 aromatic rings. The van der Waals surface area contributed by atoms with Crippen molar-refractivity contribution in [1.82, 2.24) is 0 Å². The molecule has 0 N–H and O–H groups in total. The van der Waals surface area contributed by atoms with Crippen LogP contribution in [0.3, 0.4) is 0 Å². The summed E-state index contributed by atoms with van der Waals surface area (Å²) in [5.41, 5.74) is 0. The summed E-state index contributed by atoms with van der Waals surface area (Å²) in [6, 6.07) is 42.7. The van der Waals surface area contributed by atoms with Gasteiger partial charge < -0.3 is 0 Å². The van der Waals surface area contributed by atoms with Crippen LogP contribution < -0.4 is 21.2 Å². The van der Waals surface area contributed by atoms with E-state index >= 15 is 0 Å². The third-order valence-corrected chi connectivity index (χ3v) is 11.2. The monoisotopic (exact) mass is 406 g/mol. The minimum Gasteiger partial charge on any atom is -0.147 e. The molecule has 0 aromatic heterocycles. The molecular formula is C25H24ClOP.